The van der Waals surface area contributed by atoms with Gasteiger partial charge in [-0.3, -0.25) is 4.79 Å². The molecule has 0 saturated heterocycles. The minimum absolute atomic E-state index is 0.00939. The van der Waals surface area contributed by atoms with Gasteiger partial charge < -0.3 is 5.11 Å². The first-order valence-electron chi connectivity index (χ1n) is 7.34. The fraction of sp³-hybridized carbons (Fsp3) is 0.500. The third-order valence-electron chi connectivity index (χ3n) is 4.98. The van der Waals surface area contributed by atoms with Gasteiger partial charge in [-0.2, -0.15) is 5.10 Å². The molecule has 1 aromatic rings. The Morgan fingerprint density at radius 1 is 1.52 bits per heavy atom. The van der Waals surface area contributed by atoms with Gasteiger partial charge in [0.1, 0.15) is 5.75 Å². The molecule has 21 heavy (non-hydrogen) atoms. The lowest BCUT2D eigenvalue weighted by molar-refractivity contribution is -0.123. The second-order valence-electron chi connectivity index (χ2n) is 6.27. The first-order valence-corrected chi connectivity index (χ1v) is 8.13. The van der Waals surface area contributed by atoms with Crippen LogP contribution in [0.3, 0.4) is 0 Å². The number of phenols is 1. The maximum atomic E-state index is 12.2. The van der Waals surface area contributed by atoms with Gasteiger partial charge in [0.05, 0.1) is 6.21 Å². The molecule has 1 aromatic carbocycles. The van der Waals surface area contributed by atoms with Gasteiger partial charge in [-0.25, -0.2) is 5.43 Å². The summed E-state index contributed by atoms with van der Waals surface area (Å²) in [5, 5.41) is 13.7. The normalized spacial score (nSPS) is 31.0. The van der Waals surface area contributed by atoms with E-state index < -0.39 is 0 Å². The predicted octanol–water partition coefficient (Wildman–Crippen LogP) is 3.43. The van der Waals surface area contributed by atoms with Crippen molar-refractivity contribution in [2.75, 3.05) is 0 Å². The highest BCUT2D eigenvalue weighted by Crippen LogP contribution is 2.66. The summed E-state index contributed by atoms with van der Waals surface area (Å²) >= 11 is 3.34. The molecule has 4 nitrogen and oxygen atoms in total. The van der Waals surface area contributed by atoms with Gasteiger partial charge in [-0.05, 0) is 42.4 Å². The van der Waals surface area contributed by atoms with E-state index in [-0.39, 0.29) is 23.0 Å². The summed E-state index contributed by atoms with van der Waals surface area (Å²) in [4.78, 5) is 12.2. The Labute approximate surface area is 132 Å². The van der Waals surface area contributed by atoms with Crippen LogP contribution in [0.5, 0.6) is 5.75 Å². The molecule has 1 amide bonds. The van der Waals surface area contributed by atoms with E-state index in [0.29, 0.717) is 11.5 Å². The summed E-state index contributed by atoms with van der Waals surface area (Å²) in [5.41, 5.74) is 3.39. The third kappa shape index (κ3) is 2.71. The zero-order valence-corrected chi connectivity index (χ0v) is 13.6. The molecule has 2 saturated carbocycles. The molecule has 5 heteroatoms. The van der Waals surface area contributed by atoms with Crippen molar-refractivity contribution >= 4 is 28.1 Å². The number of benzene rings is 1. The Bertz CT molecular complexity index is 602. The van der Waals surface area contributed by atoms with E-state index in [4.69, 9.17) is 0 Å². The lowest BCUT2D eigenvalue weighted by Gasteiger charge is -2.15. The van der Waals surface area contributed by atoms with Crippen LogP contribution in [0, 0.1) is 17.3 Å². The molecule has 0 bridgehead atoms. The Hall–Kier alpha value is -1.36. The van der Waals surface area contributed by atoms with E-state index in [1.807, 2.05) is 0 Å². The summed E-state index contributed by atoms with van der Waals surface area (Å²) in [6, 6.07) is 5.09. The van der Waals surface area contributed by atoms with Gasteiger partial charge in [-0.1, -0.05) is 35.7 Å². The summed E-state index contributed by atoms with van der Waals surface area (Å²) < 4.78 is 0.855. The molecular formula is C16H19BrN2O2. The van der Waals surface area contributed by atoms with Crippen LogP contribution < -0.4 is 5.43 Å². The average Bonchev–Trinajstić information content (AvgIpc) is 3.08. The van der Waals surface area contributed by atoms with Crippen LogP contribution in [0.25, 0.3) is 0 Å². The number of hydrazone groups is 1. The van der Waals surface area contributed by atoms with Gasteiger partial charge >= 0.3 is 0 Å². The second-order valence-corrected chi connectivity index (χ2v) is 7.19. The highest BCUT2D eigenvalue weighted by Gasteiger charge is 2.64. The number of hydrogen-bond acceptors (Lipinski definition) is 3. The van der Waals surface area contributed by atoms with Gasteiger partial charge in [-0.15, -0.1) is 0 Å². The summed E-state index contributed by atoms with van der Waals surface area (Å²) in [7, 11) is 0. The number of hydrogen-bond donors (Lipinski definition) is 2. The molecule has 0 heterocycles. The van der Waals surface area contributed by atoms with E-state index in [1.54, 1.807) is 18.2 Å². The molecule has 0 radical (unpaired) electrons. The highest BCUT2D eigenvalue weighted by atomic mass is 79.9. The van der Waals surface area contributed by atoms with Crippen LogP contribution in [0.4, 0.5) is 0 Å². The third-order valence-corrected chi connectivity index (χ3v) is 5.48. The SMILES string of the molecule is C[C@]12CCCC[C@@H]1[C@H]2C(=O)N/N=C\c1cc(Br)ccc1O. The van der Waals surface area contributed by atoms with E-state index >= 15 is 0 Å². The molecular weight excluding hydrogens is 332 g/mol. The molecule has 0 aliphatic heterocycles. The van der Waals surface area contributed by atoms with E-state index in [2.05, 4.69) is 33.4 Å². The summed E-state index contributed by atoms with van der Waals surface area (Å²) in [6.45, 7) is 2.21. The monoisotopic (exact) mass is 350 g/mol. The van der Waals surface area contributed by atoms with Gasteiger partial charge in [0.15, 0.2) is 0 Å². The first kappa shape index (κ1) is 14.6. The number of aromatic hydroxyl groups is 1. The number of amides is 1. The lowest BCUT2D eigenvalue weighted by Crippen LogP contribution is -2.22. The Morgan fingerprint density at radius 3 is 3.05 bits per heavy atom. The van der Waals surface area contributed by atoms with Crippen molar-refractivity contribution in [1.29, 1.82) is 0 Å². The van der Waals surface area contributed by atoms with Crippen molar-refractivity contribution in [2.24, 2.45) is 22.4 Å². The topological polar surface area (TPSA) is 61.7 Å². The Morgan fingerprint density at radius 2 is 2.33 bits per heavy atom. The number of phenolic OH excluding ortho intramolecular Hbond substituents is 1. The Balaban J connectivity index is 1.62. The van der Waals surface area contributed by atoms with E-state index in [0.717, 1.165) is 17.3 Å². The maximum absolute atomic E-state index is 12.2. The molecule has 3 rings (SSSR count). The van der Waals surface area contributed by atoms with Crippen molar-refractivity contribution in [3.05, 3.63) is 28.2 Å². The highest BCUT2D eigenvalue weighted by molar-refractivity contribution is 9.10. The maximum Gasteiger partial charge on any atom is 0.244 e. The standard InChI is InChI=1S/C16H19BrN2O2/c1-16-7-3-2-4-12(16)14(16)15(21)19-18-9-10-8-11(17)5-6-13(10)20/h5-6,8-9,12,14,20H,2-4,7H2,1H3,(H,19,21)/b18-9-/t12-,14+,16+/m1/s1. The lowest BCUT2D eigenvalue weighted by atomic mass is 9.90. The molecule has 2 fully saturated rings. The minimum Gasteiger partial charge on any atom is -0.507 e. The zero-order chi connectivity index (χ0) is 15.0. The summed E-state index contributed by atoms with van der Waals surface area (Å²) in [5.74, 6) is 0.785. The molecule has 3 atom stereocenters. The van der Waals surface area contributed by atoms with E-state index in [9.17, 15) is 9.90 Å². The predicted molar refractivity (Wildman–Crippen MR) is 85.1 cm³/mol. The molecule has 2 aliphatic rings. The molecule has 0 unspecified atom stereocenters. The summed E-state index contributed by atoms with van der Waals surface area (Å²) in [6.07, 6.45) is 6.24. The largest absolute Gasteiger partial charge is 0.507 e. The van der Waals surface area contributed by atoms with Crippen molar-refractivity contribution in [2.45, 2.75) is 32.6 Å². The van der Waals surface area contributed by atoms with Crippen LogP contribution in [-0.4, -0.2) is 17.2 Å². The van der Waals surface area contributed by atoms with Crippen LogP contribution in [-0.2, 0) is 4.79 Å². The number of rotatable bonds is 3. The molecule has 2 N–H and O–H groups in total. The molecule has 112 valence electrons. The first-order chi connectivity index (χ1) is 10.0. The quantitative estimate of drug-likeness (QED) is 0.647. The Kier molecular flexibility index (Phi) is 3.78. The fourth-order valence-corrected chi connectivity index (χ4v) is 4.09. The van der Waals surface area contributed by atoms with Crippen LogP contribution in [0.15, 0.2) is 27.8 Å². The number of halogens is 1. The number of nitrogens with zero attached hydrogens (tertiary/aromatic N) is 1. The number of nitrogens with one attached hydrogen (secondary N) is 1. The average molecular weight is 351 g/mol. The van der Waals surface area contributed by atoms with Crippen LogP contribution >= 0.6 is 15.9 Å². The van der Waals surface area contributed by atoms with Crippen molar-refractivity contribution in [3.63, 3.8) is 0 Å². The van der Waals surface area contributed by atoms with Crippen molar-refractivity contribution < 1.29 is 9.90 Å². The van der Waals surface area contributed by atoms with Crippen LogP contribution in [0.2, 0.25) is 0 Å². The fourth-order valence-electron chi connectivity index (χ4n) is 3.71. The molecule has 2 aliphatic carbocycles. The zero-order valence-electron chi connectivity index (χ0n) is 12.0. The van der Waals surface area contributed by atoms with Crippen molar-refractivity contribution in [1.82, 2.24) is 5.43 Å². The second kappa shape index (κ2) is 5.44. The molecule has 0 aromatic heterocycles. The number of fused-ring (bicyclic) bond motifs is 1. The van der Waals surface area contributed by atoms with Crippen molar-refractivity contribution in [3.8, 4) is 5.75 Å². The van der Waals surface area contributed by atoms with Gasteiger partial charge in [0.2, 0.25) is 5.91 Å². The smallest absolute Gasteiger partial charge is 0.244 e. The van der Waals surface area contributed by atoms with Gasteiger partial charge in [0.25, 0.3) is 0 Å². The van der Waals surface area contributed by atoms with E-state index in [1.165, 1.54) is 19.1 Å². The minimum atomic E-state index is 0.00939. The van der Waals surface area contributed by atoms with Gasteiger partial charge in [0, 0.05) is 16.0 Å². The molecule has 0 spiro atoms. The number of carbonyl (C=O) groups is 1. The number of carbonyl (C=O) groups excluding carboxylic acids is 1. The van der Waals surface area contributed by atoms with Crippen LogP contribution in [0.1, 0.15) is 38.2 Å².